The maximum absolute atomic E-state index is 9.36. The van der Waals surface area contributed by atoms with E-state index in [2.05, 4.69) is 29.7 Å². The fourth-order valence-electron chi connectivity index (χ4n) is 4.95. The van der Waals surface area contributed by atoms with Crippen LogP contribution in [-0.4, -0.2) is 59.9 Å². The molecule has 3 aromatic rings. The number of rotatable bonds is 12. The summed E-state index contributed by atoms with van der Waals surface area (Å²) in [5.41, 5.74) is 4.67. The number of ether oxygens (including phenoxy) is 2. The molecule has 10 nitrogen and oxygen atoms in total. The normalized spacial score (nSPS) is 16.4. The quantitative estimate of drug-likeness (QED) is 0.0687. The van der Waals surface area contributed by atoms with Crippen LogP contribution in [0.15, 0.2) is 28.8 Å². The predicted octanol–water partition coefficient (Wildman–Crippen LogP) is 6.52. The molecule has 0 bridgehead atoms. The van der Waals surface area contributed by atoms with E-state index in [1.807, 2.05) is 17.6 Å². The van der Waals surface area contributed by atoms with Crippen LogP contribution in [0.5, 0.6) is 0 Å². The van der Waals surface area contributed by atoms with Crippen LogP contribution in [0.25, 0.3) is 11.3 Å². The van der Waals surface area contributed by atoms with Gasteiger partial charge in [-0.15, -0.1) is 0 Å². The fourth-order valence-corrected chi connectivity index (χ4v) is 6.28. The number of amidine groups is 1. The second kappa shape index (κ2) is 12.8. The van der Waals surface area contributed by atoms with Gasteiger partial charge in [0.25, 0.3) is 0 Å². The number of halogens is 2. The highest BCUT2D eigenvalue weighted by atomic mass is 35.5. The first-order valence-electron chi connectivity index (χ1n) is 14.1. The highest BCUT2D eigenvalue weighted by Gasteiger charge is 2.34. The first-order valence-corrected chi connectivity index (χ1v) is 18.5. The van der Waals surface area contributed by atoms with Crippen molar-refractivity contribution in [3.05, 3.63) is 51.3 Å². The Morgan fingerprint density at radius 3 is 2.51 bits per heavy atom. The molecular formula is C28H38Cl2N6O4Si. The van der Waals surface area contributed by atoms with E-state index in [-0.39, 0.29) is 18.7 Å². The van der Waals surface area contributed by atoms with Crippen molar-refractivity contribution in [1.29, 1.82) is 5.41 Å². The Labute approximate surface area is 251 Å². The Hall–Kier alpha value is -2.41. The van der Waals surface area contributed by atoms with Gasteiger partial charge in [0.05, 0.1) is 22.8 Å². The standard InChI is InChI=1S/C28H38Cl2N6O4Si/c1-41(2,3)14-13-38-17-36-23(28(31)33-37)15-24(32-36)35-11-9-19(10-12-35)39-16-20-26(34-40-27(20)18-7-8-18)25-21(29)5-4-6-22(25)30/h4-6,15,18-19,37H,7-14,16-17H2,1-3H3,(H2,31,33). The molecule has 3 heterocycles. The number of hydroxylamine groups is 1. The minimum Gasteiger partial charge on any atom is -0.373 e. The second-order valence-corrected chi connectivity index (χ2v) is 18.4. The average Bonchev–Trinajstić information content (AvgIpc) is 3.56. The fraction of sp³-hybridized carbons (Fsp3) is 0.536. The number of piperidine rings is 1. The van der Waals surface area contributed by atoms with E-state index in [1.165, 1.54) is 0 Å². The zero-order valence-corrected chi connectivity index (χ0v) is 26.3. The number of hydrogen-bond donors (Lipinski definition) is 3. The summed E-state index contributed by atoms with van der Waals surface area (Å²) in [5, 5.41) is 27.6. The summed E-state index contributed by atoms with van der Waals surface area (Å²) >= 11 is 13.0. The van der Waals surface area contributed by atoms with Gasteiger partial charge in [0, 0.05) is 50.9 Å². The lowest BCUT2D eigenvalue weighted by molar-refractivity contribution is 0.0245. The van der Waals surface area contributed by atoms with Crippen molar-refractivity contribution in [3.63, 3.8) is 0 Å². The summed E-state index contributed by atoms with van der Waals surface area (Å²) in [6, 6.07) is 8.28. The van der Waals surface area contributed by atoms with Crippen LogP contribution in [0, 0.1) is 5.41 Å². The van der Waals surface area contributed by atoms with E-state index in [9.17, 15) is 5.21 Å². The van der Waals surface area contributed by atoms with Crippen molar-refractivity contribution < 1.29 is 19.2 Å². The molecule has 5 rings (SSSR count). The molecule has 1 saturated heterocycles. The summed E-state index contributed by atoms with van der Waals surface area (Å²) in [7, 11) is -1.21. The molecule has 2 fully saturated rings. The maximum Gasteiger partial charge on any atom is 0.168 e. The molecule has 0 radical (unpaired) electrons. The zero-order valence-electron chi connectivity index (χ0n) is 23.8. The Balaban J connectivity index is 1.21. The molecule has 0 amide bonds. The molecule has 2 aromatic heterocycles. The number of aromatic nitrogens is 3. The Morgan fingerprint density at radius 2 is 1.88 bits per heavy atom. The predicted molar refractivity (Wildman–Crippen MR) is 162 cm³/mol. The van der Waals surface area contributed by atoms with Crippen LogP contribution in [0.4, 0.5) is 5.82 Å². The first-order chi connectivity index (χ1) is 19.6. The third-order valence-electron chi connectivity index (χ3n) is 7.54. The van der Waals surface area contributed by atoms with Gasteiger partial charge in [-0.1, -0.05) is 54.1 Å². The zero-order chi connectivity index (χ0) is 29.1. The van der Waals surface area contributed by atoms with Gasteiger partial charge in [-0.3, -0.25) is 16.1 Å². The number of nitrogens with one attached hydrogen (secondary N) is 2. The van der Waals surface area contributed by atoms with Crippen molar-refractivity contribution in [2.45, 2.75) is 76.7 Å². The highest BCUT2D eigenvalue weighted by Crippen LogP contribution is 2.46. The van der Waals surface area contributed by atoms with E-state index in [0.717, 1.165) is 62.0 Å². The van der Waals surface area contributed by atoms with Crippen molar-refractivity contribution in [2.75, 3.05) is 24.6 Å². The molecule has 41 heavy (non-hydrogen) atoms. The van der Waals surface area contributed by atoms with Crippen molar-refractivity contribution in [3.8, 4) is 11.3 Å². The SMILES string of the molecule is C[Si](C)(C)CCOCn1nc(N2CCC(OCc3c(-c4c(Cl)cccc4Cl)noc3C3CC3)CC2)cc1C(=N)NO. The van der Waals surface area contributed by atoms with Crippen LogP contribution < -0.4 is 10.4 Å². The summed E-state index contributed by atoms with van der Waals surface area (Å²) in [6.45, 7) is 9.66. The van der Waals surface area contributed by atoms with Gasteiger partial charge in [-0.2, -0.15) is 5.10 Å². The van der Waals surface area contributed by atoms with Gasteiger partial charge in [-0.25, -0.2) is 4.68 Å². The van der Waals surface area contributed by atoms with Gasteiger partial charge >= 0.3 is 0 Å². The van der Waals surface area contributed by atoms with Crippen LogP contribution in [0.1, 0.15) is 48.6 Å². The Morgan fingerprint density at radius 1 is 1.17 bits per heavy atom. The lowest BCUT2D eigenvalue weighted by Gasteiger charge is -2.32. The van der Waals surface area contributed by atoms with E-state index in [1.54, 1.807) is 16.8 Å². The van der Waals surface area contributed by atoms with Crippen molar-refractivity contribution >= 4 is 42.9 Å². The number of hydrogen-bond acceptors (Lipinski definition) is 8. The number of anilines is 1. The smallest absolute Gasteiger partial charge is 0.168 e. The van der Waals surface area contributed by atoms with Gasteiger partial charge in [0.2, 0.25) is 0 Å². The molecule has 0 atom stereocenters. The first kappa shape index (κ1) is 30.1. The number of nitrogens with zero attached hydrogens (tertiary/aromatic N) is 4. The third kappa shape index (κ3) is 7.33. The van der Waals surface area contributed by atoms with Crippen LogP contribution in [0.3, 0.4) is 0 Å². The van der Waals surface area contributed by atoms with Crippen LogP contribution >= 0.6 is 23.2 Å². The van der Waals surface area contributed by atoms with Gasteiger partial charge in [-0.05, 0) is 43.9 Å². The molecule has 1 saturated carbocycles. The molecule has 1 aliphatic heterocycles. The van der Waals surface area contributed by atoms with Gasteiger partial charge in [0.15, 0.2) is 11.7 Å². The molecule has 3 N–H and O–H groups in total. The summed E-state index contributed by atoms with van der Waals surface area (Å²) in [4.78, 5) is 2.18. The van der Waals surface area contributed by atoms with E-state index < -0.39 is 8.07 Å². The summed E-state index contributed by atoms with van der Waals surface area (Å²) in [6.07, 6.45) is 3.86. The third-order valence-corrected chi connectivity index (χ3v) is 9.87. The highest BCUT2D eigenvalue weighted by molar-refractivity contribution is 6.76. The lowest BCUT2D eigenvalue weighted by Crippen LogP contribution is -2.37. The monoisotopic (exact) mass is 620 g/mol. The van der Waals surface area contributed by atoms with Gasteiger partial charge in [0.1, 0.15) is 23.9 Å². The van der Waals surface area contributed by atoms with E-state index in [4.69, 9.17) is 47.7 Å². The average molecular weight is 622 g/mol. The molecule has 222 valence electrons. The molecule has 1 aromatic carbocycles. The Kier molecular flexibility index (Phi) is 9.42. The minimum absolute atomic E-state index is 0.0617. The lowest BCUT2D eigenvalue weighted by atomic mass is 10.0. The van der Waals surface area contributed by atoms with E-state index in [0.29, 0.717) is 46.1 Å². The largest absolute Gasteiger partial charge is 0.373 e. The van der Waals surface area contributed by atoms with Gasteiger partial charge < -0.3 is 18.9 Å². The molecule has 2 aliphatic rings. The van der Waals surface area contributed by atoms with Crippen molar-refractivity contribution in [2.24, 2.45) is 0 Å². The number of benzene rings is 1. The van der Waals surface area contributed by atoms with E-state index >= 15 is 0 Å². The van der Waals surface area contributed by atoms with Crippen LogP contribution in [0.2, 0.25) is 35.7 Å². The molecule has 1 aliphatic carbocycles. The maximum atomic E-state index is 9.36. The molecule has 0 unspecified atom stereocenters. The van der Waals surface area contributed by atoms with Crippen LogP contribution in [-0.2, 0) is 22.8 Å². The second-order valence-electron chi connectivity index (χ2n) is 12.0. The Bertz CT molecular complexity index is 1340. The summed E-state index contributed by atoms with van der Waals surface area (Å²) < 4.78 is 19.7. The topological polar surface area (TPSA) is 122 Å². The molecule has 13 heteroatoms. The summed E-state index contributed by atoms with van der Waals surface area (Å²) in [5.74, 6) is 1.87. The van der Waals surface area contributed by atoms with Crippen molar-refractivity contribution in [1.82, 2.24) is 20.4 Å². The molecular weight excluding hydrogens is 583 g/mol. The molecule has 0 spiro atoms. The minimum atomic E-state index is -1.21.